The van der Waals surface area contributed by atoms with Crippen LogP contribution in [0, 0.1) is 0 Å². The first-order valence-electron chi connectivity index (χ1n) is 5.01. The van der Waals surface area contributed by atoms with Crippen molar-refractivity contribution in [2.75, 3.05) is 12.5 Å². The molecule has 0 saturated heterocycles. The lowest BCUT2D eigenvalue weighted by Crippen LogP contribution is -2.49. The molecule has 1 aromatic rings. The van der Waals surface area contributed by atoms with Gasteiger partial charge in [0.25, 0.3) is 0 Å². The highest BCUT2D eigenvalue weighted by Crippen LogP contribution is 2.27. The highest BCUT2D eigenvalue weighted by atomic mass is 32.3. The van der Waals surface area contributed by atoms with Gasteiger partial charge in [0.05, 0.1) is 0 Å². The van der Waals surface area contributed by atoms with Gasteiger partial charge in [-0.2, -0.15) is 0 Å². The summed E-state index contributed by atoms with van der Waals surface area (Å²) in [5.41, 5.74) is 0.0517. The molecule has 100 valence electrons. The van der Waals surface area contributed by atoms with Gasteiger partial charge in [0.15, 0.2) is 25.5 Å². The third-order valence-corrected chi connectivity index (χ3v) is 7.88. The van der Waals surface area contributed by atoms with Crippen molar-refractivity contribution in [3.63, 3.8) is 0 Å². The van der Waals surface area contributed by atoms with Crippen LogP contribution in [-0.4, -0.2) is 39.2 Å². The second kappa shape index (κ2) is 4.47. The molecule has 0 aliphatic rings. The molecule has 0 aliphatic heterocycles. The average molecular weight is 290 g/mol. The molecule has 18 heavy (non-hydrogen) atoms. The molecule has 0 fully saturated rings. The third-order valence-electron chi connectivity index (χ3n) is 2.86. The summed E-state index contributed by atoms with van der Waals surface area (Å²) in [4.78, 5) is 12.2. The second-order valence-corrected chi connectivity index (χ2v) is 9.17. The molecule has 0 N–H and O–H groups in total. The smallest absolute Gasteiger partial charge is 0.231 e. The number of carbonyl (C=O) groups is 1. The van der Waals surface area contributed by atoms with Crippen LogP contribution in [-0.2, 0) is 19.7 Å². The maximum absolute atomic E-state index is 12.2. The minimum absolute atomic E-state index is 0.0517. The molecule has 0 heterocycles. The summed E-state index contributed by atoms with van der Waals surface area (Å²) < 4.78 is 44.4. The number of Topliss-reactive ketones (excluding diaryl/α,β-unsaturated/α-hetero) is 1. The zero-order valence-corrected chi connectivity index (χ0v) is 11.9. The Hall–Kier alpha value is -1.21. The fourth-order valence-electron chi connectivity index (χ4n) is 1.46. The van der Waals surface area contributed by atoms with Gasteiger partial charge in [-0.05, 0) is 6.92 Å². The molecule has 0 saturated carbocycles. The van der Waals surface area contributed by atoms with E-state index in [0.29, 0.717) is 0 Å². The van der Waals surface area contributed by atoms with Gasteiger partial charge in [-0.1, -0.05) is 30.3 Å². The first kappa shape index (κ1) is 14.8. The predicted molar refractivity (Wildman–Crippen MR) is 68.9 cm³/mol. The van der Waals surface area contributed by atoms with Crippen LogP contribution in [0.15, 0.2) is 30.3 Å². The van der Waals surface area contributed by atoms with Gasteiger partial charge in [-0.15, -0.1) is 0 Å². The lowest BCUT2D eigenvalue weighted by atomic mass is 10.1. The van der Waals surface area contributed by atoms with Crippen LogP contribution in [0.5, 0.6) is 0 Å². The Kier molecular flexibility index (Phi) is 3.69. The molecule has 0 aliphatic carbocycles. The number of sulfone groups is 2. The van der Waals surface area contributed by atoms with Crippen LogP contribution in [0.1, 0.15) is 17.3 Å². The lowest BCUT2D eigenvalue weighted by molar-refractivity contribution is 0.0978. The van der Waals surface area contributed by atoms with Gasteiger partial charge in [0, 0.05) is 18.1 Å². The van der Waals surface area contributed by atoms with Crippen LogP contribution in [0.25, 0.3) is 0 Å². The SMILES string of the molecule is CC(C(=O)c1ccccc1)(S(C)(=O)=O)S(C)(=O)=O. The number of benzene rings is 1. The predicted octanol–water partition coefficient (Wildman–Crippen LogP) is 0.675. The molecule has 5 nitrogen and oxygen atoms in total. The van der Waals surface area contributed by atoms with Crippen molar-refractivity contribution >= 4 is 25.5 Å². The Labute approximate surface area is 107 Å². The maximum Gasteiger partial charge on any atom is 0.231 e. The number of hydrogen-bond donors (Lipinski definition) is 0. The highest BCUT2D eigenvalue weighted by molar-refractivity contribution is 8.10. The van der Waals surface area contributed by atoms with E-state index in [1.807, 2.05) is 0 Å². The van der Waals surface area contributed by atoms with Crippen LogP contribution in [0.3, 0.4) is 0 Å². The Morgan fingerprint density at radius 1 is 0.944 bits per heavy atom. The van der Waals surface area contributed by atoms with Gasteiger partial charge in [-0.25, -0.2) is 16.8 Å². The number of hydrogen-bond acceptors (Lipinski definition) is 5. The Morgan fingerprint density at radius 2 is 1.33 bits per heavy atom. The van der Waals surface area contributed by atoms with E-state index < -0.39 is 29.5 Å². The second-order valence-electron chi connectivity index (χ2n) is 4.19. The minimum atomic E-state index is -4.11. The Morgan fingerprint density at radius 3 is 1.67 bits per heavy atom. The van der Waals surface area contributed by atoms with Gasteiger partial charge in [0.2, 0.25) is 4.08 Å². The summed E-state index contributed by atoms with van der Waals surface area (Å²) in [5.74, 6) is -0.937. The van der Waals surface area contributed by atoms with E-state index in [0.717, 1.165) is 19.4 Å². The minimum Gasteiger partial charge on any atom is -0.291 e. The summed E-state index contributed by atoms with van der Waals surface area (Å²) in [5, 5.41) is 0. The molecule has 7 heteroatoms. The van der Waals surface area contributed by atoms with E-state index in [1.165, 1.54) is 24.3 Å². The molecule has 1 aromatic carbocycles. The van der Waals surface area contributed by atoms with Crippen LogP contribution in [0.4, 0.5) is 0 Å². The first-order valence-corrected chi connectivity index (χ1v) is 8.79. The fourth-order valence-corrected chi connectivity index (χ4v) is 4.57. The van der Waals surface area contributed by atoms with Crippen molar-refractivity contribution in [1.29, 1.82) is 0 Å². The number of carbonyl (C=O) groups excluding carboxylic acids is 1. The fraction of sp³-hybridized carbons (Fsp3) is 0.364. The molecular weight excluding hydrogens is 276 g/mol. The van der Waals surface area contributed by atoms with Crippen LogP contribution in [0.2, 0.25) is 0 Å². The summed E-state index contributed by atoms with van der Waals surface area (Å²) in [6.45, 7) is 0.924. The highest BCUT2D eigenvalue weighted by Gasteiger charge is 2.52. The molecule has 0 aromatic heterocycles. The molecule has 0 amide bonds. The van der Waals surface area contributed by atoms with E-state index in [2.05, 4.69) is 0 Å². The summed E-state index contributed by atoms with van der Waals surface area (Å²) >= 11 is 0. The van der Waals surface area contributed by atoms with E-state index in [4.69, 9.17) is 0 Å². The molecule has 0 unspecified atom stereocenters. The standard InChI is InChI=1S/C11H14O5S2/c1-11(17(2,13)14,18(3,15)16)10(12)9-7-5-4-6-8-9/h4-8H,1-3H3. The largest absolute Gasteiger partial charge is 0.291 e. The molecule has 0 spiro atoms. The number of rotatable bonds is 4. The number of ketones is 1. The van der Waals surface area contributed by atoms with E-state index >= 15 is 0 Å². The van der Waals surface area contributed by atoms with Crippen molar-refractivity contribution in [3.05, 3.63) is 35.9 Å². The first-order chi connectivity index (χ1) is 8.02. The van der Waals surface area contributed by atoms with Crippen LogP contribution < -0.4 is 0 Å². The zero-order chi connectivity index (χ0) is 14.2. The summed E-state index contributed by atoms with van der Waals surface area (Å²) in [6, 6.07) is 7.50. The van der Waals surface area contributed by atoms with E-state index in [9.17, 15) is 21.6 Å². The van der Waals surface area contributed by atoms with Crippen molar-refractivity contribution < 1.29 is 21.6 Å². The monoisotopic (exact) mass is 290 g/mol. The van der Waals surface area contributed by atoms with Crippen molar-refractivity contribution in [2.24, 2.45) is 0 Å². The average Bonchev–Trinajstić information content (AvgIpc) is 2.25. The zero-order valence-electron chi connectivity index (χ0n) is 10.2. The molecule has 1 rings (SSSR count). The lowest BCUT2D eigenvalue weighted by Gasteiger charge is -2.24. The van der Waals surface area contributed by atoms with Crippen molar-refractivity contribution in [2.45, 2.75) is 11.0 Å². The molecule has 0 atom stereocenters. The summed E-state index contributed by atoms with van der Waals surface area (Å²) in [6.07, 6.45) is 1.49. The maximum atomic E-state index is 12.2. The van der Waals surface area contributed by atoms with E-state index in [-0.39, 0.29) is 5.56 Å². The van der Waals surface area contributed by atoms with Gasteiger partial charge in [-0.3, -0.25) is 4.79 Å². The van der Waals surface area contributed by atoms with Gasteiger partial charge in [0.1, 0.15) is 0 Å². The van der Waals surface area contributed by atoms with Crippen molar-refractivity contribution in [1.82, 2.24) is 0 Å². The topological polar surface area (TPSA) is 85.3 Å². The van der Waals surface area contributed by atoms with Crippen LogP contribution >= 0.6 is 0 Å². The third kappa shape index (κ3) is 2.32. The quantitative estimate of drug-likeness (QED) is 0.761. The van der Waals surface area contributed by atoms with E-state index in [1.54, 1.807) is 6.07 Å². The normalized spacial score (nSPS) is 13.3. The molecule has 0 radical (unpaired) electrons. The summed E-state index contributed by atoms with van der Waals surface area (Å²) in [7, 11) is -8.21. The molecule has 0 bridgehead atoms. The Bertz CT molecular complexity index is 625. The Balaban J connectivity index is 3.56. The molecular formula is C11H14O5S2. The van der Waals surface area contributed by atoms with Crippen molar-refractivity contribution in [3.8, 4) is 0 Å². The van der Waals surface area contributed by atoms with Gasteiger partial charge >= 0.3 is 0 Å². The van der Waals surface area contributed by atoms with Gasteiger partial charge < -0.3 is 0 Å².